The third-order valence-electron chi connectivity index (χ3n) is 0.957. The lowest BCUT2D eigenvalue weighted by Gasteiger charge is -2.24. The lowest BCUT2D eigenvalue weighted by atomic mass is 10.4. The van der Waals surface area contributed by atoms with E-state index in [9.17, 15) is 13.2 Å². The average molecular weight is 331 g/mol. The highest BCUT2D eigenvalue weighted by Gasteiger charge is 2.46. The van der Waals surface area contributed by atoms with Gasteiger partial charge in [-0.2, -0.15) is 13.2 Å². The van der Waals surface area contributed by atoms with Crippen LogP contribution in [0.15, 0.2) is 11.1 Å². The largest absolute Gasteiger partial charge is 0.426 e. The van der Waals surface area contributed by atoms with E-state index < -0.39 is 19.3 Å². The molecule has 0 aromatic heterocycles. The Morgan fingerprint density at radius 3 is 1.50 bits per heavy atom. The first kappa shape index (κ1) is 15.3. The van der Waals surface area contributed by atoms with Crippen molar-refractivity contribution in [2.75, 3.05) is 0 Å². The van der Waals surface area contributed by atoms with Crippen LogP contribution in [0.2, 0.25) is 0 Å². The molecule has 84 valence electrons. The van der Waals surface area contributed by atoms with Crippen LogP contribution in [0.4, 0.5) is 13.2 Å². The second-order valence-electron chi connectivity index (χ2n) is 2.11. The van der Waals surface area contributed by atoms with Crippen molar-refractivity contribution >= 4 is 69.6 Å². The molecule has 9 heteroatoms. The zero-order chi connectivity index (χ0) is 11.8. The van der Waals surface area contributed by atoms with Crippen molar-refractivity contribution in [3.05, 3.63) is 11.1 Å². The van der Waals surface area contributed by atoms with Crippen LogP contribution in [-0.2, 0) is 0 Å². The van der Waals surface area contributed by atoms with E-state index in [2.05, 4.69) is 0 Å². The van der Waals surface area contributed by atoms with Gasteiger partial charge in [-0.25, -0.2) is 0 Å². The third kappa shape index (κ3) is 4.42. The van der Waals surface area contributed by atoms with E-state index in [1.165, 1.54) is 0 Å². The highest BCUT2D eigenvalue weighted by atomic mass is 35.6. The molecule has 0 aliphatic rings. The number of alkyl halides is 8. The molecule has 0 spiro atoms. The smallest absolute Gasteiger partial charge is 0.165 e. The molecule has 0 rings (SSSR count). The first-order chi connectivity index (χ1) is 5.88. The van der Waals surface area contributed by atoms with Gasteiger partial charge in [0.1, 0.15) is 5.03 Å². The summed E-state index contributed by atoms with van der Waals surface area (Å²) in [5, 5.41) is -1.56. The molecule has 0 amide bonds. The van der Waals surface area contributed by atoms with Gasteiger partial charge in [0.25, 0.3) is 0 Å². The minimum Gasteiger partial charge on any atom is -0.165 e. The summed E-state index contributed by atoms with van der Waals surface area (Å²) < 4.78 is 31.1. The topological polar surface area (TPSA) is 0 Å². The van der Waals surface area contributed by atoms with Crippen molar-refractivity contribution in [1.82, 2.24) is 0 Å². The summed E-state index contributed by atoms with van der Waals surface area (Å²) in [6, 6.07) is 0. The summed E-state index contributed by atoms with van der Waals surface area (Å²) in [5.74, 6) is 0. The number of hydrogen-bond donors (Lipinski definition) is 0. The molecule has 0 aliphatic heterocycles. The predicted molar refractivity (Wildman–Crippen MR) is 54.7 cm³/mol. The Morgan fingerprint density at radius 1 is 0.929 bits per heavy atom. The summed E-state index contributed by atoms with van der Waals surface area (Å²) >= 11 is 31.1. The molecule has 0 atom stereocenters. The summed E-state index contributed by atoms with van der Waals surface area (Å²) in [7, 11) is 0. The van der Waals surface area contributed by atoms with Crippen molar-refractivity contribution in [2.45, 2.75) is 14.3 Å². The fraction of sp³-hybridized carbons (Fsp3) is 0.600. The van der Waals surface area contributed by atoms with Crippen LogP contribution in [0.5, 0.6) is 0 Å². The molecule has 0 aliphatic carbocycles. The molecule has 0 saturated heterocycles. The first-order valence-electron chi connectivity index (χ1n) is 2.78. The Kier molecular flexibility index (Phi) is 5.06. The zero-order valence-electron chi connectivity index (χ0n) is 5.98. The predicted octanol–water partition coefficient (Wildman–Crippen LogP) is 5.22. The van der Waals surface area contributed by atoms with Crippen LogP contribution in [0.3, 0.4) is 0 Å². The Labute approximate surface area is 108 Å². The maximum Gasteiger partial charge on any atom is 0.426 e. The van der Waals surface area contributed by atoms with Gasteiger partial charge in [0.15, 0.2) is 4.33 Å². The lowest BCUT2D eigenvalue weighted by molar-refractivity contribution is -0.0847. The quantitative estimate of drug-likeness (QED) is 0.578. The van der Waals surface area contributed by atoms with Crippen LogP contribution >= 0.6 is 69.6 Å². The number of halogens is 9. The third-order valence-corrected chi connectivity index (χ3v) is 3.54. The molecule has 14 heavy (non-hydrogen) atoms. The molecule has 0 aromatic rings. The summed E-state index contributed by atoms with van der Waals surface area (Å²) in [6.45, 7) is 0. The van der Waals surface area contributed by atoms with Gasteiger partial charge in [-0.1, -0.05) is 69.6 Å². The van der Waals surface area contributed by atoms with Crippen LogP contribution in [0.1, 0.15) is 0 Å². The molecule has 0 unspecified atom stereocenters. The minimum absolute atomic E-state index is 0.213. The Hall–Kier alpha value is 1.27. The maximum absolute atomic E-state index is 11.9. The van der Waals surface area contributed by atoms with Crippen molar-refractivity contribution in [1.29, 1.82) is 0 Å². The molecule has 0 N–H and O–H groups in total. The van der Waals surface area contributed by atoms with E-state index in [1.54, 1.807) is 0 Å². The maximum atomic E-state index is 11.9. The van der Waals surface area contributed by atoms with Crippen LogP contribution < -0.4 is 0 Å². The van der Waals surface area contributed by atoms with Gasteiger partial charge in [-0.15, -0.1) is 0 Å². The molecular formula is C5HCl6F3. The van der Waals surface area contributed by atoms with Crippen molar-refractivity contribution in [3.8, 4) is 0 Å². The summed E-state index contributed by atoms with van der Waals surface area (Å²) in [5.41, 5.74) is 0. The standard InChI is InChI=1S/C5HCl6F3/c6-2(4(12,13)14)1-3(7,8)5(9,10)11/h1H. The van der Waals surface area contributed by atoms with Crippen molar-refractivity contribution in [2.24, 2.45) is 0 Å². The second-order valence-corrected chi connectivity index (χ2v) is 6.19. The van der Waals surface area contributed by atoms with E-state index in [4.69, 9.17) is 69.6 Å². The second kappa shape index (κ2) is 4.64. The van der Waals surface area contributed by atoms with Gasteiger partial charge < -0.3 is 0 Å². The van der Waals surface area contributed by atoms with Crippen molar-refractivity contribution in [3.63, 3.8) is 0 Å². The molecule has 0 fully saturated rings. The van der Waals surface area contributed by atoms with Crippen LogP contribution in [0.25, 0.3) is 0 Å². The van der Waals surface area contributed by atoms with E-state index in [0.717, 1.165) is 0 Å². The minimum atomic E-state index is -4.79. The number of rotatable bonds is 1. The van der Waals surface area contributed by atoms with Crippen LogP contribution in [0, 0.1) is 0 Å². The van der Waals surface area contributed by atoms with Gasteiger partial charge in [-0.05, 0) is 6.08 Å². The van der Waals surface area contributed by atoms with Gasteiger partial charge >= 0.3 is 6.18 Å². The average Bonchev–Trinajstić information content (AvgIpc) is 1.80. The summed E-state index contributed by atoms with van der Waals surface area (Å²) in [4.78, 5) is 0. The Balaban J connectivity index is 5.00. The van der Waals surface area contributed by atoms with E-state index in [0.29, 0.717) is 0 Å². The van der Waals surface area contributed by atoms with Gasteiger partial charge in [0.05, 0.1) is 0 Å². The van der Waals surface area contributed by atoms with Gasteiger partial charge in [0.2, 0.25) is 3.79 Å². The molecule has 0 aromatic carbocycles. The number of hydrogen-bond acceptors (Lipinski definition) is 0. The molecule has 0 heterocycles. The lowest BCUT2D eigenvalue weighted by Crippen LogP contribution is -2.29. The highest BCUT2D eigenvalue weighted by molar-refractivity contribution is 6.76. The van der Waals surface area contributed by atoms with E-state index >= 15 is 0 Å². The first-order valence-corrected chi connectivity index (χ1v) is 5.05. The molecule has 0 saturated carbocycles. The molecular weight excluding hydrogens is 330 g/mol. The summed E-state index contributed by atoms with van der Waals surface area (Å²) in [6.07, 6.45) is -4.57. The molecule has 0 radical (unpaired) electrons. The SMILES string of the molecule is FC(F)(F)C(Cl)=CC(Cl)(Cl)C(Cl)(Cl)Cl. The van der Waals surface area contributed by atoms with Crippen molar-refractivity contribution < 1.29 is 13.2 Å². The van der Waals surface area contributed by atoms with Gasteiger partial charge in [0, 0.05) is 0 Å². The fourth-order valence-corrected chi connectivity index (χ4v) is 0.980. The zero-order valence-corrected chi connectivity index (χ0v) is 10.5. The Bertz CT molecular complexity index is 237. The molecule has 0 nitrogen and oxygen atoms in total. The van der Waals surface area contributed by atoms with E-state index in [1.807, 2.05) is 0 Å². The monoisotopic (exact) mass is 328 g/mol. The Morgan fingerprint density at radius 2 is 1.29 bits per heavy atom. The normalized spacial score (nSPS) is 15.9. The molecule has 0 bridgehead atoms. The van der Waals surface area contributed by atoms with Crippen LogP contribution in [-0.4, -0.2) is 14.3 Å². The fourth-order valence-electron chi connectivity index (χ4n) is 0.323. The van der Waals surface area contributed by atoms with E-state index in [-0.39, 0.29) is 6.08 Å². The highest BCUT2D eigenvalue weighted by Crippen LogP contribution is 2.48. The number of allylic oxidation sites excluding steroid dienone is 2. The van der Waals surface area contributed by atoms with Gasteiger partial charge in [-0.3, -0.25) is 0 Å².